The molecule has 0 saturated carbocycles. The van der Waals surface area contributed by atoms with Gasteiger partial charge in [0.15, 0.2) is 5.78 Å². The van der Waals surface area contributed by atoms with Gasteiger partial charge in [-0.05, 0) is 29.7 Å². The molecule has 0 bridgehead atoms. The van der Waals surface area contributed by atoms with Crippen molar-refractivity contribution in [3.05, 3.63) is 70.0 Å². The van der Waals surface area contributed by atoms with E-state index in [1.165, 1.54) is 0 Å². The molecule has 2 heterocycles. The summed E-state index contributed by atoms with van der Waals surface area (Å²) in [5, 5.41) is 10.3. The summed E-state index contributed by atoms with van der Waals surface area (Å²) in [5.41, 5.74) is 7.28. The van der Waals surface area contributed by atoms with E-state index in [2.05, 4.69) is 6.07 Å². The first-order valence-corrected chi connectivity index (χ1v) is 9.36. The third kappa shape index (κ3) is 3.10. The maximum absolute atomic E-state index is 12.9. The normalized spacial score (nSPS) is 21.2. The Morgan fingerprint density at radius 3 is 2.75 bits per heavy atom. The number of hydrogen-bond acceptors (Lipinski definition) is 5. The van der Waals surface area contributed by atoms with Gasteiger partial charge in [-0.1, -0.05) is 37.6 Å². The van der Waals surface area contributed by atoms with E-state index in [9.17, 15) is 10.1 Å². The van der Waals surface area contributed by atoms with Crippen LogP contribution in [0.4, 0.5) is 0 Å². The van der Waals surface area contributed by atoms with Crippen LogP contribution in [0.1, 0.15) is 38.4 Å². The number of hydrogen-bond donors (Lipinski definition) is 1. The van der Waals surface area contributed by atoms with Crippen LogP contribution in [-0.4, -0.2) is 5.78 Å². The van der Waals surface area contributed by atoms with Crippen molar-refractivity contribution in [1.29, 1.82) is 5.26 Å². The molecule has 4 rings (SSSR count). The van der Waals surface area contributed by atoms with Gasteiger partial charge >= 0.3 is 0 Å². The van der Waals surface area contributed by atoms with Gasteiger partial charge in [-0.2, -0.15) is 5.26 Å². The van der Waals surface area contributed by atoms with Crippen molar-refractivity contribution in [1.82, 2.24) is 0 Å². The minimum atomic E-state index is -0.662. The molecule has 1 unspecified atom stereocenters. The minimum Gasteiger partial charge on any atom is -0.460 e. The summed E-state index contributed by atoms with van der Waals surface area (Å²) in [6.07, 6.45) is 0.956. The van der Waals surface area contributed by atoms with Crippen LogP contribution < -0.4 is 5.73 Å². The molecule has 1 aromatic heterocycles. The van der Waals surface area contributed by atoms with E-state index in [-0.39, 0.29) is 22.7 Å². The number of halogens is 1. The first-order chi connectivity index (χ1) is 13.3. The second-order valence-electron chi connectivity index (χ2n) is 7.91. The highest BCUT2D eigenvalue weighted by molar-refractivity contribution is 6.30. The SMILES string of the molecule is CC1(C)CC(=O)C2=C(C1)OC(N)=C(C#N)C2c1ccc(-c2cccc(Cl)c2)o1. The van der Waals surface area contributed by atoms with Crippen molar-refractivity contribution in [2.45, 2.75) is 32.6 Å². The number of nitrogens with two attached hydrogens (primary N) is 1. The Kier molecular flexibility index (Phi) is 4.32. The molecule has 1 aliphatic carbocycles. The molecule has 0 radical (unpaired) electrons. The van der Waals surface area contributed by atoms with Crippen molar-refractivity contribution in [2.75, 3.05) is 0 Å². The van der Waals surface area contributed by atoms with Crippen LogP contribution in [0.15, 0.2) is 63.6 Å². The van der Waals surface area contributed by atoms with Crippen LogP contribution in [0.5, 0.6) is 0 Å². The van der Waals surface area contributed by atoms with Gasteiger partial charge in [0.25, 0.3) is 0 Å². The summed E-state index contributed by atoms with van der Waals surface area (Å²) in [5.74, 6) is 0.937. The Hall–Kier alpha value is -2.97. The van der Waals surface area contributed by atoms with Crippen molar-refractivity contribution in [2.24, 2.45) is 11.1 Å². The molecule has 0 saturated heterocycles. The predicted octanol–water partition coefficient (Wildman–Crippen LogP) is 5.05. The zero-order valence-electron chi connectivity index (χ0n) is 15.6. The Morgan fingerprint density at radius 2 is 2.04 bits per heavy atom. The number of ether oxygens (including phenoxy) is 1. The lowest BCUT2D eigenvalue weighted by Gasteiger charge is -2.36. The number of allylic oxidation sites excluding steroid dienone is 3. The van der Waals surface area contributed by atoms with E-state index < -0.39 is 5.92 Å². The summed E-state index contributed by atoms with van der Waals surface area (Å²) in [7, 11) is 0. The summed E-state index contributed by atoms with van der Waals surface area (Å²) < 4.78 is 11.7. The topological polar surface area (TPSA) is 89.2 Å². The van der Waals surface area contributed by atoms with E-state index in [1.807, 2.05) is 26.0 Å². The number of rotatable bonds is 2. The molecule has 28 heavy (non-hydrogen) atoms. The molecular weight excluding hydrogens is 376 g/mol. The van der Waals surface area contributed by atoms with Crippen LogP contribution >= 0.6 is 11.6 Å². The maximum atomic E-state index is 12.9. The average molecular weight is 395 g/mol. The van der Waals surface area contributed by atoms with Crippen LogP contribution in [-0.2, 0) is 9.53 Å². The fraction of sp³-hybridized carbons (Fsp3) is 0.273. The highest BCUT2D eigenvalue weighted by atomic mass is 35.5. The second kappa shape index (κ2) is 6.57. The smallest absolute Gasteiger partial charge is 0.205 e. The maximum Gasteiger partial charge on any atom is 0.205 e. The minimum absolute atomic E-state index is 0.0254. The number of nitrogens with zero attached hydrogens (tertiary/aromatic N) is 1. The molecule has 1 aliphatic heterocycles. The molecule has 1 aromatic carbocycles. The van der Waals surface area contributed by atoms with Gasteiger partial charge in [0, 0.05) is 29.0 Å². The summed E-state index contributed by atoms with van der Waals surface area (Å²) in [6, 6.07) is 13.0. The lowest BCUT2D eigenvalue weighted by molar-refractivity contribution is -0.119. The summed E-state index contributed by atoms with van der Waals surface area (Å²) in [4.78, 5) is 12.9. The number of furan rings is 1. The number of carbonyl (C=O) groups excluding carboxylic acids is 1. The predicted molar refractivity (Wildman–Crippen MR) is 105 cm³/mol. The molecule has 5 nitrogen and oxygen atoms in total. The molecule has 2 N–H and O–H groups in total. The number of carbonyl (C=O) groups is 1. The Labute approximate surface area is 168 Å². The molecule has 0 amide bonds. The number of Topliss-reactive ketones (excluding diaryl/α,β-unsaturated/α-hetero) is 1. The zero-order valence-corrected chi connectivity index (χ0v) is 16.3. The van der Waals surface area contributed by atoms with Crippen LogP contribution in [0, 0.1) is 16.7 Å². The van der Waals surface area contributed by atoms with E-state index in [1.54, 1.807) is 24.3 Å². The third-order valence-electron chi connectivity index (χ3n) is 5.10. The molecule has 0 spiro atoms. The highest BCUT2D eigenvalue weighted by Crippen LogP contribution is 2.48. The van der Waals surface area contributed by atoms with Crippen LogP contribution in [0.3, 0.4) is 0 Å². The van der Waals surface area contributed by atoms with E-state index in [0.717, 1.165) is 5.56 Å². The molecule has 142 valence electrons. The number of ketones is 1. The summed E-state index contributed by atoms with van der Waals surface area (Å²) >= 11 is 6.07. The fourth-order valence-electron chi connectivity index (χ4n) is 3.87. The van der Waals surface area contributed by atoms with Gasteiger partial charge in [-0.3, -0.25) is 4.79 Å². The van der Waals surface area contributed by atoms with Crippen molar-refractivity contribution >= 4 is 17.4 Å². The molecule has 2 aromatic rings. The molecule has 2 aliphatic rings. The fourth-order valence-corrected chi connectivity index (χ4v) is 4.06. The van der Waals surface area contributed by atoms with Gasteiger partial charge < -0.3 is 14.9 Å². The first-order valence-electron chi connectivity index (χ1n) is 8.98. The third-order valence-corrected chi connectivity index (χ3v) is 5.33. The van der Waals surface area contributed by atoms with Crippen LogP contribution in [0.25, 0.3) is 11.3 Å². The quantitative estimate of drug-likeness (QED) is 0.769. The monoisotopic (exact) mass is 394 g/mol. The van der Waals surface area contributed by atoms with Gasteiger partial charge in [0.1, 0.15) is 28.9 Å². The van der Waals surface area contributed by atoms with Crippen molar-refractivity contribution in [3.8, 4) is 17.4 Å². The van der Waals surface area contributed by atoms with Gasteiger partial charge in [0.2, 0.25) is 5.88 Å². The largest absolute Gasteiger partial charge is 0.460 e. The van der Waals surface area contributed by atoms with Gasteiger partial charge in [0.05, 0.1) is 5.92 Å². The highest BCUT2D eigenvalue weighted by Gasteiger charge is 2.44. The van der Waals surface area contributed by atoms with Crippen LogP contribution in [0.2, 0.25) is 5.02 Å². The Balaban J connectivity index is 1.82. The molecule has 0 fully saturated rings. The van der Waals surface area contributed by atoms with Crippen molar-refractivity contribution < 1.29 is 13.9 Å². The average Bonchev–Trinajstić information content (AvgIpc) is 3.09. The molecule has 1 atom stereocenters. The first kappa shape index (κ1) is 18.4. The number of benzene rings is 1. The van der Waals surface area contributed by atoms with Crippen molar-refractivity contribution in [3.63, 3.8) is 0 Å². The molecule has 6 heteroatoms. The zero-order chi connectivity index (χ0) is 20.1. The van der Waals surface area contributed by atoms with E-state index >= 15 is 0 Å². The standard InChI is InChI=1S/C22H19ClN2O3/c1-22(2)9-15(26)20-18(10-22)28-21(25)14(11-24)19(20)17-7-6-16(27-17)12-4-3-5-13(23)8-12/h3-8,19H,9-10,25H2,1-2H3. The lowest BCUT2D eigenvalue weighted by Crippen LogP contribution is -2.33. The van der Waals surface area contributed by atoms with E-state index in [0.29, 0.717) is 40.7 Å². The van der Waals surface area contributed by atoms with E-state index in [4.69, 9.17) is 26.5 Å². The lowest BCUT2D eigenvalue weighted by atomic mass is 9.71. The van der Waals surface area contributed by atoms with Gasteiger partial charge in [-0.25, -0.2) is 0 Å². The molecular formula is C22H19ClN2O3. The number of nitriles is 1. The van der Waals surface area contributed by atoms with Gasteiger partial charge in [-0.15, -0.1) is 0 Å². The second-order valence-corrected chi connectivity index (χ2v) is 8.35. The Morgan fingerprint density at radius 1 is 1.25 bits per heavy atom. The Bertz CT molecular complexity index is 1090. The summed E-state index contributed by atoms with van der Waals surface area (Å²) in [6.45, 7) is 4.02.